The molecule has 128 valence electrons. The molecule has 0 heterocycles. The van der Waals surface area contributed by atoms with Gasteiger partial charge in [-0.2, -0.15) is 0 Å². The van der Waals surface area contributed by atoms with Crippen molar-refractivity contribution in [1.82, 2.24) is 0 Å². The summed E-state index contributed by atoms with van der Waals surface area (Å²) in [5, 5.41) is 9.18. The van der Waals surface area contributed by atoms with Gasteiger partial charge in [0.05, 0.1) is 23.2 Å². The van der Waals surface area contributed by atoms with Crippen LogP contribution in [0.15, 0.2) is 47.4 Å². The maximum atomic E-state index is 12.0. The van der Waals surface area contributed by atoms with Gasteiger partial charge < -0.3 is 9.84 Å². The van der Waals surface area contributed by atoms with Crippen molar-refractivity contribution in [3.8, 4) is 11.1 Å². The number of carbonyl (C=O) groups is 1. The lowest BCUT2D eigenvalue weighted by Crippen LogP contribution is -2.04. The molecule has 0 aliphatic carbocycles. The second-order valence-electron chi connectivity index (χ2n) is 5.85. The summed E-state index contributed by atoms with van der Waals surface area (Å²) < 4.78 is 29.6. The van der Waals surface area contributed by atoms with Crippen molar-refractivity contribution >= 4 is 15.8 Å². The highest BCUT2D eigenvalue weighted by Gasteiger charge is 2.17. The van der Waals surface area contributed by atoms with Gasteiger partial charge in [0.15, 0.2) is 9.84 Å². The number of sulfone groups is 1. The predicted octanol–water partition coefficient (Wildman–Crippen LogP) is 3.38. The average Bonchev–Trinajstić information content (AvgIpc) is 2.51. The van der Waals surface area contributed by atoms with Gasteiger partial charge >= 0.3 is 5.97 Å². The summed E-state index contributed by atoms with van der Waals surface area (Å²) in [5.74, 6) is -1.10. The molecule has 24 heavy (non-hydrogen) atoms. The Kier molecular flexibility index (Phi) is 5.41. The monoisotopic (exact) mass is 348 g/mol. The smallest absolute Gasteiger partial charge is 0.335 e. The van der Waals surface area contributed by atoms with E-state index in [9.17, 15) is 18.3 Å². The fourth-order valence-corrected chi connectivity index (χ4v) is 3.19. The number of benzene rings is 2. The molecule has 0 amide bonds. The molecular formula is C18H20O5S. The predicted molar refractivity (Wildman–Crippen MR) is 91.9 cm³/mol. The molecule has 2 aromatic carbocycles. The van der Waals surface area contributed by atoms with Crippen LogP contribution in [0.2, 0.25) is 0 Å². The topological polar surface area (TPSA) is 80.7 Å². The van der Waals surface area contributed by atoms with E-state index >= 15 is 0 Å². The average molecular weight is 348 g/mol. The Balaban J connectivity index is 2.55. The summed E-state index contributed by atoms with van der Waals surface area (Å²) in [6.45, 7) is 4.27. The third-order valence-corrected chi connectivity index (χ3v) is 4.60. The van der Waals surface area contributed by atoms with Crippen molar-refractivity contribution in [3.63, 3.8) is 0 Å². The quantitative estimate of drug-likeness (QED) is 0.865. The Hall–Kier alpha value is -2.18. The van der Waals surface area contributed by atoms with Gasteiger partial charge in [0.2, 0.25) is 0 Å². The fourth-order valence-electron chi connectivity index (χ4n) is 2.30. The van der Waals surface area contributed by atoms with E-state index in [1.807, 2.05) is 26.0 Å². The van der Waals surface area contributed by atoms with Crippen LogP contribution in [0.4, 0.5) is 0 Å². The highest BCUT2D eigenvalue weighted by atomic mass is 32.2. The van der Waals surface area contributed by atoms with Gasteiger partial charge in [0.25, 0.3) is 0 Å². The van der Waals surface area contributed by atoms with E-state index in [2.05, 4.69) is 0 Å². The maximum absolute atomic E-state index is 12.0. The van der Waals surface area contributed by atoms with Gasteiger partial charge in [-0.15, -0.1) is 0 Å². The van der Waals surface area contributed by atoms with Crippen molar-refractivity contribution in [2.24, 2.45) is 0 Å². The van der Waals surface area contributed by atoms with E-state index in [1.54, 1.807) is 12.1 Å². The van der Waals surface area contributed by atoms with Gasteiger partial charge in [-0.05, 0) is 49.2 Å². The molecule has 1 N–H and O–H groups in total. The van der Waals surface area contributed by atoms with Gasteiger partial charge in [0.1, 0.15) is 0 Å². The number of hydrogen-bond donors (Lipinski definition) is 1. The Morgan fingerprint density at radius 2 is 1.88 bits per heavy atom. The molecule has 0 saturated carbocycles. The molecule has 0 atom stereocenters. The second-order valence-corrected chi connectivity index (χ2v) is 7.83. The minimum absolute atomic E-state index is 0.0428. The van der Waals surface area contributed by atoms with Crippen LogP contribution in [0.3, 0.4) is 0 Å². The summed E-state index contributed by atoms with van der Waals surface area (Å²) in [4.78, 5) is 11.3. The first-order valence-corrected chi connectivity index (χ1v) is 9.36. The van der Waals surface area contributed by atoms with Gasteiger partial charge in [-0.3, -0.25) is 0 Å². The zero-order valence-corrected chi connectivity index (χ0v) is 14.6. The highest BCUT2D eigenvalue weighted by molar-refractivity contribution is 7.90. The molecule has 0 fully saturated rings. The van der Waals surface area contributed by atoms with Crippen LogP contribution in [0, 0.1) is 0 Å². The summed E-state index contributed by atoms with van der Waals surface area (Å²) >= 11 is 0. The molecule has 0 unspecified atom stereocenters. The number of hydrogen-bond acceptors (Lipinski definition) is 4. The molecular weight excluding hydrogens is 328 g/mol. The molecule has 2 rings (SSSR count). The number of carboxylic acid groups (broad SMARTS) is 1. The fraction of sp³-hybridized carbons (Fsp3) is 0.278. The van der Waals surface area contributed by atoms with Crippen LogP contribution < -0.4 is 0 Å². The third-order valence-electron chi connectivity index (χ3n) is 3.45. The lowest BCUT2D eigenvalue weighted by atomic mass is 10.0. The normalized spacial score (nSPS) is 11.7. The Labute approximate surface area is 141 Å². The van der Waals surface area contributed by atoms with Crippen molar-refractivity contribution in [3.05, 3.63) is 53.6 Å². The van der Waals surface area contributed by atoms with E-state index < -0.39 is 15.8 Å². The van der Waals surface area contributed by atoms with E-state index in [1.165, 1.54) is 18.2 Å². The first-order chi connectivity index (χ1) is 11.2. The van der Waals surface area contributed by atoms with Crippen molar-refractivity contribution in [2.75, 3.05) is 6.26 Å². The number of carboxylic acids is 1. The molecule has 0 spiro atoms. The Morgan fingerprint density at radius 3 is 2.46 bits per heavy atom. The van der Waals surface area contributed by atoms with Crippen molar-refractivity contribution < 1.29 is 23.1 Å². The molecule has 2 aromatic rings. The Morgan fingerprint density at radius 1 is 1.17 bits per heavy atom. The molecule has 0 bridgehead atoms. The molecule has 0 saturated heterocycles. The van der Waals surface area contributed by atoms with E-state index in [-0.39, 0.29) is 16.6 Å². The lowest BCUT2D eigenvalue weighted by molar-refractivity contribution is 0.0657. The number of rotatable bonds is 6. The van der Waals surface area contributed by atoms with E-state index in [4.69, 9.17) is 4.74 Å². The van der Waals surface area contributed by atoms with Gasteiger partial charge in [0, 0.05) is 11.8 Å². The maximum Gasteiger partial charge on any atom is 0.335 e. The molecule has 5 nitrogen and oxygen atoms in total. The number of aromatic carboxylic acids is 1. The molecule has 0 radical (unpaired) electrons. The van der Waals surface area contributed by atoms with Gasteiger partial charge in [-0.25, -0.2) is 13.2 Å². The largest absolute Gasteiger partial charge is 0.478 e. The zero-order valence-electron chi connectivity index (χ0n) is 13.8. The van der Waals surface area contributed by atoms with E-state index in [0.29, 0.717) is 17.7 Å². The lowest BCUT2D eigenvalue weighted by Gasteiger charge is -2.12. The van der Waals surface area contributed by atoms with Crippen LogP contribution in [0.5, 0.6) is 0 Å². The SMILES string of the molecule is CC(C)OCc1cccc(-c2cc(C(=O)O)ccc2S(C)(=O)=O)c1. The summed E-state index contributed by atoms with van der Waals surface area (Å²) in [7, 11) is -3.49. The van der Waals surface area contributed by atoms with Crippen LogP contribution >= 0.6 is 0 Å². The molecule has 0 aliphatic rings. The third kappa shape index (κ3) is 4.43. The van der Waals surface area contributed by atoms with Crippen LogP contribution in [-0.2, 0) is 21.2 Å². The van der Waals surface area contributed by atoms with Crippen LogP contribution in [0.1, 0.15) is 29.8 Å². The first-order valence-electron chi connectivity index (χ1n) is 7.47. The second kappa shape index (κ2) is 7.15. The summed E-state index contributed by atoms with van der Waals surface area (Å²) in [6, 6.07) is 11.3. The van der Waals surface area contributed by atoms with Crippen LogP contribution in [0.25, 0.3) is 11.1 Å². The minimum atomic E-state index is -3.49. The number of ether oxygens (including phenoxy) is 1. The van der Waals surface area contributed by atoms with Gasteiger partial charge in [-0.1, -0.05) is 18.2 Å². The molecule has 0 aliphatic heterocycles. The molecule has 6 heteroatoms. The summed E-state index contributed by atoms with van der Waals surface area (Å²) in [5.41, 5.74) is 1.95. The summed E-state index contributed by atoms with van der Waals surface area (Å²) in [6.07, 6.45) is 1.19. The first kappa shape index (κ1) is 18.2. The Bertz CT molecular complexity index is 853. The van der Waals surface area contributed by atoms with Crippen molar-refractivity contribution in [2.45, 2.75) is 31.5 Å². The minimum Gasteiger partial charge on any atom is -0.478 e. The molecule has 0 aromatic heterocycles. The zero-order chi connectivity index (χ0) is 17.9. The van der Waals surface area contributed by atoms with Crippen molar-refractivity contribution in [1.29, 1.82) is 0 Å². The van der Waals surface area contributed by atoms with Crippen LogP contribution in [-0.4, -0.2) is 31.9 Å². The highest BCUT2D eigenvalue weighted by Crippen LogP contribution is 2.29. The van der Waals surface area contributed by atoms with E-state index in [0.717, 1.165) is 11.8 Å². The standard InChI is InChI=1S/C18H20O5S/c1-12(2)23-11-13-5-4-6-14(9-13)16-10-15(18(19)20)7-8-17(16)24(3,21)22/h4-10,12H,11H2,1-3H3,(H,19,20).